The van der Waals surface area contributed by atoms with Gasteiger partial charge in [-0.15, -0.1) is 0 Å². The quantitative estimate of drug-likeness (QED) is 0.810. The zero-order chi connectivity index (χ0) is 15.1. The minimum atomic E-state index is -0.833. The van der Waals surface area contributed by atoms with E-state index in [0.29, 0.717) is 34.4 Å². The monoisotopic (exact) mass is 325 g/mol. The first-order chi connectivity index (χ1) is 9.99. The van der Waals surface area contributed by atoms with Gasteiger partial charge in [0.25, 0.3) is 5.91 Å². The Morgan fingerprint density at radius 1 is 1.48 bits per heavy atom. The van der Waals surface area contributed by atoms with Crippen LogP contribution in [0.15, 0.2) is 22.6 Å². The standard InChI is InChI=1S/C15H16ClNO3S/c1-9-8-21(19)7-6-17(9)15(18)13-10(2)11-4-3-5-12(16)14(11)20-13/h3-5,9H,6-8H2,1-2H3/t9-,21-/m1/s1. The van der Waals surface area contributed by atoms with E-state index in [0.717, 1.165) is 10.9 Å². The van der Waals surface area contributed by atoms with Crippen LogP contribution in [0.2, 0.25) is 5.02 Å². The van der Waals surface area contributed by atoms with Gasteiger partial charge in [0.05, 0.1) is 5.02 Å². The maximum Gasteiger partial charge on any atom is 0.290 e. The molecular formula is C15H16ClNO3S. The van der Waals surface area contributed by atoms with Crippen LogP contribution in [0.25, 0.3) is 11.0 Å². The summed E-state index contributed by atoms with van der Waals surface area (Å²) in [4.78, 5) is 14.4. The van der Waals surface area contributed by atoms with E-state index < -0.39 is 10.8 Å². The number of furan rings is 1. The molecule has 21 heavy (non-hydrogen) atoms. The fraction of sp³-hybridized carbons (Fsp3) is 0.400. The maximum absolute atomic E-state index is 12.7. The molecule has 6 heteroatoms. The Balaban J connectivity index is 2.00. The van der Waals surface area contributed by atoms with E-state index >= 15 is 0 Å². The number of nitrogens with zero attached hydrogens (tertiary/aromatic N) is 1. The van der Waals surface area contributed by atoms with Crippen LogP contribution in [0.3, 0.4) is 0 Å². The SMILES string of the molecule is Cc1c(C(=O)N2CC[S@@](=O)C[C@H]2C)oc2c(Cl)cccc12. The molecule has 1 fully saturated rings. The van der Waals surface area contributed by atoms with Crippen LogP contribution in [0, 0.1) is 6.92 Å². The molecule has 0 aliphatic carbocycles. The summed E-state index contributed by atoms with van der Waals surface area (Å²) < 4.78 is 17.3. The first kappa shape index (κ1) is 14.6. The molecular weight excluding hydrogens is 310 g/mol. The first-order valence-electron chi connectivity index (χ1n) is 6.82. The molecule has 0 bridgehead atoms. The maximum atomic E-state index is 12.7. The van der Waals surface area contributed by atoms with Crippen LogP contribution in [0.1, 0.15) is 23.0 Å². The van der Waals surface area contributed by atoms with Gasteiger partial charge in [-0.2, -0.15) is 0 Å². The lowest BCUT2D eigenvalue weighted by Crippen LogP contribution is -2.48. The molecule has 1 saturated heterocycles. The predicted molar refractivity (Wildman–Crippen MR) is 84.3 cm³/mol. The Kier molecular flexibility index (Phi) is 3.80. The van der Waals surface area contributed by atoms with Crippen LogP contribution in [-0.2, 0) is 10.8 Å². The number of hydrogen-bond acceptors (Lipinski definition) is 3. The van der Waals surface area contributed by atoms with Gasteiger partial charge >= 0.3 is 0 Å². The number of rotatable bonds is 1. The van der Waals surface area contributed by atoms with Gasteiger partial charge in [0.1, 0.15) is 0 Å². The predicted octanol–water partition coefficient (Wildman–Crippen LogP) is 2.99. The summed E-state index contributed by atoms with van der Waals surface area (Å²) in [6, 6.07) is 5.43. The smallest absolute Gasteiger partial charge is 0.290 e. The van der Waals surface area contributed by atoms with Crippen LogP contribution >= 0.6 is 11.6 Å². The van der Waals surface area contributed by atoms with Gasteiger partial charge in [-0.25, -0.2) is 0 Å². The van der Waals surface area contributed by atoms with Gasteiger partial charge in [-0.3, -0.25) is 9.00 Å². The van der Waals surface area contributed by atoms with E-state index in [1.54, 1.807) is 11.0 Å². The molecule has 0 unspecified atom stereocenters. The van der Waals surface area contributed by atoms with Crippen molar-refractivity contribution in [3.05, 3.63) is 34.5 Å². The molecule has 0 spiro atoms. The van der Waals surface area contributed by atoms with Crippen molar-refractivity contribution < 1.29 is 13.4 Å². The van der Waals surface area contributed by atoms with Gasteiger partial charge in [0.15, 0.2) is 11.3 Å². The summed E-state index contributed by atoms with van der Waals surface area (Å²) in [5.74, 6) is 1.23. The van der Waals surface area contributed by atoms with E-state index in [4.69, 9.17) is 16.0 Å². The largest absolute Gasteiger partial charge is 0.449 e. The van der Waals surface area contributed by atoms with E-state index in [9.17, 15) is 9.00 Å². The van der Waals surface area contributed by atoms with Crippen molar-refractivity contribution in [2.24, 2.45) is 0 Å². The van der Waals surface area contributed by atoms with E-state index in [1.807, 2.05) is 26.0 Å². The zero-order valence-corrected chi connectivity index (χ0v) is 13.5. The molecule has 4 nitrogen and oxygen atoms in total. The van der Waals surface area contributed by atoms with Crippen LogP contribution in [0.4, 0.5) is 0 Å². The molecule has 1 aliphatic rings. The number of carbonyl (C=O) groups excluding carboxylic acids is 1. The molecule has 0 N–H and O–H groups in total. The number of hydrogen-bond donors (Lipinski definition) is 0. The lowest BCUT2D eigenvalue weighted by atomic mass is 10.1. The number of carbonyl (C=O) groups is 1. The molecule has 112 valence electrons. The Morgan fingerprint density at radius 2 is 2.24 bits per heavy atom. The van der Waals surface area contributed by atoms with Gasteiger partial charge < -0.3 is 9.32 Å². The van der Waals surface area contributed by atoms with Gasteiger partial charge in [0.2, 0.25) is 0 Å². The summed E-state index contributed by atoms with van der Waals surface area (Å²) in [5.41, 5.74) is 1.35. The lowest BCUT2D eigenvalue weighted by molar-refractivity contribution is 0.0683. The van der Waals surface area contributed by atoms with Crippen LogP contribution in [-0.4, -0.2) is 39.1 Å². The third kappa shape index (κ3) is 2.49. The first-order valence-corrected chi connectivity index (χ1v) is 8.69. The summed E-state index contributed by atoms with van der Waals surface area (Å²) in [6.07, 6.45) is 0. The molecule has 0 saturated carbocycles. The van der Waals surface area contributed by atoms with Crippen LogP contribution < -0.4 is 0 Å². The van der Waals surface area contributed by atoms with Gasteiger partial charge in [0, 0.05) is 45.8 Å². The molecule has 2 atom stereocenters. The second-order valence-corrected chi connectivity index (χ2v) is 7.36. The van der Waals surface area contributed by atoms with Crippen molar-refractivity contribution in [3.8, 4) is 0 Å². The summed E-state index contributed by atoms with van der Waals surface area (Å²) >= 11 is 6.12. The van der Waals surface area contributed by atoms with E-state index in [2.05, 4.69) is 0 Å². The summed E-state index contributed by atoms with van der Waals surface area (Å²) in [5, 5.41) is 1.36. The second-order valence-electron chi connectivity index (χ2n) is 5.33. The number of para-hydroxylation sites is 1. The summed E-state index contributed by atoms with van der Waals surface area (Å²) in [6.45, 7) is 4.28. The van der Waals surface area contributed by atoms with Crippen LogP contribution in [0.5, 0.6) is 0 Å². The second kappa shape index (κ2) is 5.46. The molecule has 2 heterocycles. The van der Waals surface area contributed by atoms with Crippen molar-refractivity contribution in [1.82, 2.24) is 4.90 Å². The van der Waals surface area contributed by atoms with E-state index in [-0.39, 0.29) is 11.9 Å². The number of benzene rings is 1. The zero-order valence-electron chi connectivity index (χ0n) is 11.9. The molecule has 1 aromatic carbocycles. The average Bonchev–Trinajstić information content (AvgIpc) is 2.77. The van der Waals surface area contributed by atoms with Crippen molar-refractivity contribution in [3.63, 3.8) is 0 Å². The highest BCUT2D eigenvalue weighted by Gasteiger charge is 2.31. The Bertz CT molecular complexity index is 740. The van der Waals surface area contributed by atoms with Gasteiger partial charge in [-0.1, -0.05) is 23.7 Å². The number of amides is 1. The van der Waals surface area contributed by atoms with E-state index in [1.165, 1.54) is 0 Å². The fourth-order valence-corrected chi connectivity index (χ4v) is 4.21. The minimum absolute atomic E-state index is 0.0461. The Hall–Kier alpha value is -1.33. The Morgan fingerprint density at radius 3 is 2.90 bits per heavy atom. The molecule has 0 radical (unpaired) electrons. The highest BCUT2D eigenvalue weighted by molar-refractivity contribution is 7.85. The molecule has 1 amide bonds. The number of fused-ring (bicyclic) bond motifs is 1. The minimum Gasteiger partial charge on any atom is -0.449 e. The van der Waals surface area contributed by atoms with Crippen molar-refractivity contribution in [2.45, 2.75) is 19.9 Å². The third-order valence-electron chi connectivity index (χ3n) is 3.89. The molecule has 3 rings (SSSR count). The highest BCUT2D eigenvalue weighted by atomic mass is 35.5. The Labute approximate surface area is 130 Å². The van der Waals surface area contributed by atoms with Crippen molar-refractivity contribution >= 4 is 39.3 Å². The summed E-state index contributed by atoms with van der Waals surface area (Å²) in [7, 11) is -0.833. The molecule has 2 aromatic rings. The normalized spacial score (nSPS) is 22.7. The molecule has 1 aromatic heterocycles. The topological polar surface area (TPSA) is 50.5 Å². The average molecular weight is 326 g/mol. The van der Waals surface area contributed by atoms with Crippen molar-refractivity contribution in [1.29, 1.82) is 0 Å². The van der Waals surface area contributed by atoms with Gasteiger partial charge in [-0.05, 0) is 19.9 Å². The molecule has 1 aliphatic heterocycles. The third-order valence-corrected chi connectivity index (χ3v) is 5.68. The van der Waals surface area contributed by atoms with Crippen molar-refractivity contribution in [2.75, 3.05) is 18.1 Å². The number of halogens is 1. The number of aryl methyl sites for hydroxylation is 1. The lowest BCUT2D eigenvalue weighted by Gasteiger charge is -2.32. The fourth-order valence-electron chi connectivity index (χ4n) is 2.71. The highest BCUT2D eigenvalue weighted by Crippen LogP contribution is 2.31.